The van der Waals surface area contributed by atoms with Crippen molar-refractivity contribution in [2.24, 2.45) is 0 Å². The fourth-order valence-corrected chi connectivity index (χ4v) is 2.56. The van der Waals surface area contributed by atoms with E-state index in [-0.39, 0.29) is 11.9 Å². The molecule has 1 aromatic heterocycles. The van der Waals surface area contributed by atoms with Gasteiger partial charge in [0.25, 0.3) is 5.91 Å². The van der Waals surface area contributed by atoms with Gasteiger partial charge in [0.1, 0.15) is 0 Å². The molecule has 2 heterocycles. The van der Waals surface area contributed by atoms with E-state index in [1.54, 1.807) is 0 Å². The average molecular weight is 224 g/mol. The number of hydrogen-bond acceptors (Lipinski definition) is 3. The van der Waals surface area contributed by atoms with Gasteiger partial charge >= 0.3 is 0 Å². The molecule has 0 aromatic carbocycles. The standard InChI is InChI=1S/C11H16N2OS/c1-8-9(2)13(6-5-12-8)11(14)10-4-3-7-15-10/h3-4,7-9,12H,5-6H2,1-2H3. The molecule has 1 aromatic rings. The van der Waals surface area contributed by atoms with Gasteiger partial charge in [-0.1, -0.05) is 6.07 Å². The van der Waals surface area contributed by atoms with Crippen molar-refractivity contribution < 1.29 is 4.79 Å². The normalized spacial score (nSPS) is 26.7. The minimum Gasteiger partial charge on any atom is -0.332 e. The number of hydrogen-bond donors (Lipinski definition) is 1. The zero-order valence-corrected chi connectivity index (χ0v) is 9.88. The zero-order valence-electron chi connectivity index (χ0n) is 9.06. The van der Waals surface area contributed by atoms with Gasteiger partial charge in [-0.25, -0.2) is 0 Å². The quantitative estimate of drug-likeness (QED) is 0.785. The van der Waals surface area contributed by atoms with Crippen LogP contribution in [-0.4, -0.2) is 36.0 Å². The predicted molar refractivity (Wildman–Crippen MR) is 62.3 cm³/mol. The summed E-state index contributed by atoms with van der Waals surface area (Å²) in [6.07, 6.45) is 0. The maximum atomic E-state index is 12.1. The predicted octanol–water partition coefficient (Wildman–Crippen LogP) is 1.57. The Kier molecular flexibility index (Phi) is 3.07. The molecular formula is C11H16N2OS. The van der Waals surface area contributed by atoms with Gasteiger partial charge in [0, 0.05) is 25.2 Å². The molecule has 0 radical (unpaired) electrons. The molecule has 3 nitrogen and oxygen atoms in total. The van der Waals surface area contributed by atoms with E-state index in [9.17, 15) is 4.79 Å². The minimum atomic E-state index is 0.172. The molecule has 0 bridgehead atoms. The number of carbonyl (C=O) groups excluding carboxylic acids is 1. The van der Waals surface area contributed by atoms with Crippen molar-refractivity contribution in [3.8, 4) is 0 Å². The molecule has 0 spiro atoms. The second-order valence-electron chi connectivity index (χ2n) is 3.96. The van der Waals surface area contributed by atoms with Crippen LogP contribution in [0, 0.1) is 0 Å². The molecule has 1 aliphatic heterocycles. The van der Waals surface area contributed by atoms with Gasteiger partial charge in [0.2, 0.25) is 0 Å². The summed E-state index contributed by atoms with van der Waals surface area (Å²) >= 11 is 1.52. The first-order valence-corrected chi connectivity index (χ1v) is 6.16. The second-order valence-corrected chi connectivity index (χ2v) is 4.91. The SMILES string of the molecule is CC1NCCN(C(=O)c2cccs2)C1C. The van der Waals surface area contributed by atoms with Crippen LogP contribution < -0.4 is 5.32 Å². The minimum absolute atomic E-state index is 0.172. The molecular weight excluding hydrogens is 208 g/mol. The van der Waals surface area contributed by atoms with E-state index in [0.717, 1.165) is 18.0 Å². The highest BCUT2D eigenvalue weighted by molar-refractivity contribution is 7.12. The van der Waals surface area contributed by atoms with Gasteiger partial charge in [0.05, 0.1) is 4.88 Å². The number of amides is 1. The van der Waals surface area contributed by atoms with Crippen molar-refractivity contribution in [3.05, 3.63) is 22.4 Å². The third kappa shape index (κ3) is 2.06. The lowest BCUT2D eigenvalue weighted by Gasteiger charge is -2.38. The van der Waals surface area contributed by atoms with Gasteiger partial charge in [0.15, 0.2) is 0 Å². The highest BCUT2D eigenvalue weighted by atomic mass is 32.1. The van der Waals surface area contributed by atoms with Gasteiger partial charge in [-0.3, -0.25) is 4.79 Å². The molecule has 1 aliphatic rings. The van der Waals surface area contributed by atoms with E-state index < -0.39 is 0 Å². The second kappa shape index (κ2) is 4.33. The Labute approximate surface area is 94.1 Å². The highest BCUT2D eigenvalue weighted by Gasteiger charge is 2.28. The molecule has 2 rings (SSSR count). The average Bonchev–Trinajstić information content (AvgIpc) is 2.74. The van der Waals surface area contributed by atoms with Crippen molar-refractivity contribution >= 4 is 17.2 Å². The Morgan fingerprint density at radius 3 is 3.07 bits per heavy atom. The molecule has 0 saturated carbocycles. The van der Waals surface area contributed by atoms with Crippen molar-refractivity contribution in [1.82, 2.24) is 10.2 Å². The van der Waals surface area contributed by atoms with Crippen molar-refractivity contribution in [2.75, 3.05) is 13.1 Å². The van der Waals surface area contributed by atoms with Crippen LogP contribution in [0.15, 0.2) is 17.5 Å². The first-order valence-electron chi connectivity index (χ1n) is 5.28. The van der Waals surface area contributed by atoms with Crippen LogP contribution in [0.3, 0.4) is 0 Å². The summed E-state index contributed by atoms with van der Waals surface area (Å²) in [6.45, 7) is 5.92. The van der Waals surface area contributed by atoms with Gasteiger partial charge in [-0.15, -0.1) is 11.3 Å². The van der Waals surface area contributed by atoms with Crippen molar-refractivity contribution in [1.29, 1.82) is 0 Å². The van der Waals surface area contributed by atoms with Crippen molar-refractivity contribution in [3.63, 3.8) is 0 Å². The number of carbonyl (C=O) groups is 1. The summed E-state index contributed by atoms with van der Waals surface area (Å²) in [5, 5.41) is 5.32. The number of piperazine rings is 1. The van der Waals surface area contributed by atoms with Crippen LogP contribution in [0.5, 0.6) is 0 Å². The van der Waals surface area contributed by atoms with E-state index in [0.29, 0.717) is 6.04 Å². The van der Waals surface area contributed by atoms with E-state index in [2.05, 4.69) is 19.2 Å². The maximum absolute atomic E-state index is 12.1. The smallest absolute Gasteiger partial charge is 0.264 e. The van der Waals surface area contributed by atoms with E-state index in [1.807, 2.05) is 22.4 Å². The van der Waals surface area contributed by atoms with Crippen LogP contribution in [0.4, 0.5) is 0 Å². The third-order valence-corrected chi connectivity index (χ3v) is 3.88. The number of thiophene rings is 1. The summed E-state index contributed by atoms with van der Waals surface area (Å²) in [4.78, 5) is 14.9. The summed E-state index contributed by atoms with van der Waals surface area (Å²) in [5.74, 6) is 0.172. The number of nitrogens with zero attached hydrogens (tertiary/aromatic N) is 1. The third-order valence-electron chi connectivity index (χ3n) is 3.03. The molecule has 1 saturated heterocycles. The Hall–Kier alpha value is -0.870. The van der Waals surface area contributed by atoms with Gasteiger partial charge in [-0.2, -0.15) is 0 Å². The number of nitrogens with one attached hydrogen (secondary N) is 1. The van der Waals surface area contributed by atoms with Crippen LogP contribution in [0.2, 0.25) is 0 Å². The first kappa shape index (κ1) is 10.6. The Morgan fingerprint density at radius 1 is 1.60 bits per heavy atom. The summed E-state index contributed by atoms with van der Waals surface area (Å²) in [5.41, 5.74) is 0. The van der Waals surface area contributed by atoms with Crippen LogP contribution >= 0.6 is 11.3 Å². The molecule has 2 unspecified atom stereocenters. The molecule has 82 valence electrons. The summed E-state index contributed by atoms with van der Waals surface area (Å²) in [7, 11) is 0. The van der Waals surface area contributed by atoms with Gasteiger partial charge in [-0.05, 0) is 25.3 Å². The van der Waals surface area contributed by atoms with Crippen LogP contribution in [0.25, 0.3) is 0 Å². The molecule has 15 heavy (non-hydrogen) atoms. The largest absolute Gasteiger partial charge is 0.332 e. The Morgan fingerprint density at radius 2 is 2.40 bits per heavy atom. The number of rotatable bonds is 1. The summed E-state index contributed by atoms with van der Waals surface area (Å²) < 4.78 is 0. The fraction of sp³-hybridized carbons (Fsp3) is 0.545. The summed E-state index contributed by atoms with van der Waals surface area (Å²) in [6, 6.07) is 4.47. The Bertz CT molecular complexity index is 336. The maximum Gasteiger partial charge on any atom is 0.264 e. The van der Waals surface area contributed by atoms with E-state index >= 15 is 0 Å². The van der Waals surface area contributed by atoms with E-state index in [1.165, 1.54) is 11.3 Å². The molecule has 1 N–H and O–H groups in total. The lowest BCUT2D eigenvalue weighted by Crippen LogP contribution is -2.57. The van der Waals surface area contributed by atoms with Crippen LogP contribution in [0.1, 0.15) is 23.5 Å². The molecule has 0 aliphatic carbocycles. The topological polar surface area (TPSA) is 32.3 Å². The van der Waals surface area contributed by atoms with E-state index in [4.69, 9.17) is 0 Å². The fourth-order valence-electron chi connectivity index (χ4n) is 1.89. The lowest BCUT2D eigenvalue weighted by molar-refractivity contribution is 0.0608. The molecule has 1 fully saturated rings. The molecule has 4 heteroatoms. The molecule has 1 amide bonds. The lowest BCUT2D eigenvalue weighted by atomic mass is 10.1. The van der Waals surface area contributed by atoms with Crippen molar-refractivity contribution in [2.45, 2.75) is 25.9 Å². The van der Waals surface area contributed by atoms with Crippen LogP contribution in [-0.2, 0) is 0 Å². The first-order chi connectivity index (χ1) is 7.20. The van der Waals surface area contributed by atoms with Gasteiger partial charge < -0.3 is 10.2 Å². The zero-order chi connectivity index (χ0) is 10.8. The highest BCUT2D eigenvalue weighted by Crippen LogP contribution is 2.16. The monoisotopic (exact) mass is 224 g/mol. The molecule has 2 atom stereocenters. The Balaban J connectivity index is 2.13.